The van der Waals surface area contributed by atoms with Crippen molar-refractivity contribution in [1.29, 1.82) is 0 Å². The van der Waals surface area contributed by atoms with Gasteiger partial charge < -0.3 is 15.2 Å². The summed E-state index contributed by atoms with van der Waals surface area (Å²) in [7, 11) is 0. The van der Waals surface area contributed by atoms with E-state index in [1.54, 1.807) is 0 Å². The van der Waals surface area contributed by atoms with Crippen LogP contribution in [0, 0.1) is 5.92 Å². The van der Waals surface area contributed by atoms with Crippen molar-refractivity contribution < 1.29 is 9.84 Å². The lowest BCUT2D eigenvalue weighted by atomic mass is 9.88. The highest BCUT2D eigenvalue weighted by atomic mass is 79.9. The Morgan fingerprint density at radius 3 is 2.86 bits per heavy atom. The average molecular weight is 356 g/mol. The average Bonchev–Trinajstić information content (AvgIpc) is 2.48. The smallest absolute Gasteiger partial charge is 0.0897 e. The predicted octanol–water partition coefficient (Wildman–Crippen LogP) is 3.49. The van der Waals surface area contributed by atoms with Gasteiger partial charge in [-0.05, 0) is 30.4 Å². The summed E-state index contributed by atoms with van der Waals surface area (Å²) >= 11 is 3.53. The molecular weight excluding hydrogens is 330 g/mol. The third kappa shape index (κ3) is 5.70. The second-order valence-corrected chi connectivity index (χ2v) is 6.86. The Balaban J connectivity index is 1.63. The monoisotopic (exact) mass is 355 g/mol. The van der Waals surface area contributed by atoms with Crippen molar-refractivity contribution in [3.8, 4) is 0 Å². The second kappa shape index (κ2) is 8.89. The Bertz CT molecular complexity index is 427. The highest BCUT2D eigenvalue weighted by Crippen LogP contribution is 2.26. The summed E-state index contributed by atoms with van der Waals surface area (Å²) in [5.41, 5.74) is 1.20. The van der Waals surface area contributed by atoms with Gasteiger partial charge in [-0.25, -0.2) is 0 Å². The summed E-state index contributed by atoms with van der Waals surface area (Å²) in [5.74, 6) is 0.624. The molecular formula is C17H26BrNO2. The van der Waals surface area contributed by atoms with Gasteiger partial charge in [0.05, 0.1) is 18.8 Å². The molecule has 2 rings (SSSR count). The maximum Gasteiger partial charge on any atom is 0.0897 e. The van der Waals surface area contributed by atoms with E-state index in [4.69, 9.17) is 4.74 Å². The summed E-state index contributed by atoms with van der Waals surface area (Å²) in [6.07, 6.45) is 4.85. The summed E-state index contributed by atoms with van der Waals surface area (Å²) in [5, 5.41) is 13.3. The van der Waals surface area contributed by atoms with Crippen molar-refractivity contribution in [3.05, 3.63) is 34.3 Å². The first-order chi connectivity index (χ1) is 10.2. The number of ether oxygens (including phenoxy) is 1. The number of rotatable bonds is 7. The minimum absolute atomic E-state index is 0.330. The fourth-order valence-electron chi connectivity index (χ4n) is 2.84. The van der Waals surface area contributed by atoms with E-state index in [9.17, 15) is 5.11 Å². The largest absolute Gasteiger partial charge is 0.389 e. The van der Waals surface area contributed by atoms with E-state index in [1.165, 1.54) is 24.8 Å². The molecule has 1 aliphatic rings. The zero-order valence-electron chi connectivity index (χ0n) is 12.7. The van der Waals surface area contributed by atoms with Gasteiger partial charge in [0.15, 0.2) is 0 Å². The SMILES string of the molecule is CC1CCCCC1OCC(O)CNCc1ccccc1Br. The van der Waals surface area contributed by atoms with Gasteiger partial charge in [-0.15, -0.1) is 0 Å². The Kier molecular flexibility index (Phi) is 7.17. The molecule has 21 heavy (non-hydrogen) atoms. The Labute approximate surface area is 136 Å². The molecule has 0 saturated heterocycles. The number of benzene rings is 1. The van der Waals surface area contributed by atoms with Crippen LogP contribution < -0.4 is 5.32 Å². The molecule has 1 fully saturated rings. The molecule has 118 valence electrons. The van der Waals surface area contributed by atoms with Crippen LogP contribution in [0.25, 0.3) is 0 Å². The third-order valence-corrected chi connectivity index (χ3v) is 4.96. The Morgan fingerprint density at radius 2 is 2.10 bits per heavy atom. The molecule has 1 aromatic carbocycles. The zero-order valence-corrected chi connectivity index (χ0v) is 14.3. The van der Waals surface area contributed by atoms with E-state index < -0.39 is 6.10 Å². The van der Waals surface area contributed by atoms with Crippen LogP contribution in [0.5, 0.6) is 0 Å². The molecule has 0 bridgehead atoms. The van der Waals surface area contributed by atoms with Crippen LogP contribution in [0.3, 0.4) is 0 Å². The molecule has 2 N–H and O–H groups in total. The minimum atomic E-state index is -0.443. The van der Waals surface area contributed by atoms with Crippen LogP contribution >= 0.6 is 15.9 Å². The Hall–Kier alpha value is -0.420. The second-order valence-electron chi connectivity index (χ2n) is 6.01. The first kappa shape index (κ1) is 16.9. The molecule has 0 spiro atoms. The van der Waals surface area contributed by atoms with Gasteiger partial charge in [0.1, 0.15) is 0 Å². The highest BCUT2D eigenvalue weighted by molar-refractivity contribution is 9.10. The number of aliphatic hydroxyl groups is 1. The Morgan fingerprint density at radius 1 is 1.33 bits per heavy atom. The molecule has 0 amide bonds. The van der Waals surface area contributed by atoms with Crippen molar-refractivity contribution in [2.45, 2.75) is 51.4 Å². The first-order valence-electron chi connectivity index (χ1n) is 7.90. The van der Waals surface area contributed by atoms with Gasteiger partial charge in [-0.3, -0.25) is 0 Å². The number of hydrogen-bond acceptors (Lipinski definition) is 3. The van der Waals surface area contributed by atoms with Crippen LogP contribution in [0.4, 0.5) is 0 Å². The lowest BCUT2D eigenvalue weighted by Crippen LogP contribution is -2.34. The number of hydrogen-bond donors (Lipinski definition) is 2. The predicted molar refractivity (Wildman–Crippen MR) is 89.2 cm³/mol. The molecule has 0 aromatic heterocycles. The van der Waals surface area contributed by atoms with Gasteiger partial charge in [0.2, 0.25) is 0 Å². The molecule has 0 heterocycles. The number of nitrogens with one attached hydrogen (secondary N) is 1. The van der Waals surface area contributed by atoms with Crippen LogP contribution in [0.2, 0.25) is 0 Å². The fraction of sp³-hybridized carbons (Fsp3) is 0.647. The van der Waals surface area contributed by atoms with E-state index in [2.05, 4.69) is 34.2 Å². The molecule has 1 saturated carbocycles. The van der Waals surface area contributed by atoms with Crippen molar-refractivity contribution in [2.75, 3.05) is 13.2 Å². The minimum Gasteiger partial charge on any atom is -0.389 e. The molecule has 0 aliphatic heterocycles. The van der Waals surface area contributed by atoms with Crippen LogP contribution in [0.15, 0.2) is 28.7 Å². The third-order valence-electron chi connectivity index (χ3n) is 4.19. The fourth-order valence-corrected chi connectivity index (χ4v) is 3.26. The summed E-state index contributed by atoms with van der Waals surface area (Å²) in [6.45, 7) is 3.99. The topological polar surface area (TPSA) is 41.5 Å². The number of aliphatic hydroxyl groups excluding tert-OH is 1. The van der Waals surface area contributed by atoms with E-state index in [-0.39, 0.29) is 0 Å². The first-order valence-corrected chi connectivity index (χ1v) is 8.70. The lowest BCUT2D eigenvalue weighted by Gasteiger charge is -2.29. The van der Waals surface area contributed by atoms with Gasteiger partial charge in [0.25, 0.3) is 0 Å². The molecule has 4 heteroatoms. The summed E-state index contributed by atoms with van der Waals surface area (Å²) in [4.78, 5) is 0. The highest BCUT2D eigenvalue weighted by Gasteiger charge is 2.22. The molecule has 3 unspecified atom stereocenters. The normalized spacial score (nSPS) is 24.0. The molecule has 3 atom stereocenters. The van der Waals surface area contributed by atoms with Crippen LogP contribution in [-0.2, 0) is 11.3 Å². The quantitative estimate of drug-likeness (QED) is 0.786. The number of halogens is 1. The lowest BCUT2D eigenvalue weighted by molar-refractivity contribution is -0.0452. The van der Waals surface area contributed by atoms with Crippen molar-refractivity contribution in [2.24, 2.45) is 5.92 Å². The van der Waals surface area contributed by atoms with E-state index in [0.29, 0.717) is 25.2 Å². The van der Waals surface area contributed by atoms with Crippen LogP contribution in [0.1, 0.15) is 38.2 Å². The van der Waals surface area contributed by atoms with Crippen LogP contribution in [-0.4, -0.2) is 30.5 Å². The van der Waals surface area contributed by atoms with E-state index >= 15 is 0 Å². The maximum atomic E-state index is 10.0. The maximum absolute atomic E-state index is 10.0. The summed E-state index contributed by atoms with van der Waals surface area (Å²) < 4.78 is 6.98. The molecule has 1 aliphatic carbocycles. The standard InChI is InChI=1S/C17H26BrNO2/c1-13-6-2-5-9-17(13)21-12-15(20)11-19-10-14-7-3-4-8-16(14)18/h3-4,7-8,13,15,17,19-20H,2,5-6,9-12H2,1H3. The molecule has 1 aromatic rings. The van der Waals surface area contributed by atoms with E-state index in [1.807, 2.05) is 18.2 Å². The summed E-state index contributed by atoms with van der Waals surface area (Å²) in [6, 6.07) is 8.12. The van der Waals surface area contributed by atoms with Crippen molar-refractivity contribution in [3.63, 3.8) is 0 Å². The van der Waals surface area contributed by atoms with Gasteiger partial charge >= 0.3 is 0 Å². The van der Waals surface area contributed by atoms with Gasteiger partial charge in [0, 0.05) is 17.6 Å². The van der Waals surface area contributed by atoms with Gasteiger partial charge in [-0.2, -0.15) is 0 Å². The molecule has 3 nitrogen and oxygen atoms in total. The van der Waals surface area contributed by atoms with Crippen molar-refractivity contribution in [1.82, 2.24) is 5.32 Å². The molecule has 0 radical (unpaired) electrons. The van der Waals surface area contributed by atoms with Gasteiger partial charge in [-0.1, -0.05) is 53.9 Å². The van der Waals surface area contributed by atoms with Crippen molar-refractivity contribution >= 4 is 15.9 Å². The zero-order chi connectivity index (χ0) is 15.1. The van der Waals surface area contributed by atoms with E-state index in [0.717, 1.165) is 17.4 Å².